The number of fused-ring (bicyclic) bond motifs is 1. The third-order valence-corrected chi connectivity index (χ3v) is 8.24. The van der Waals surface area contributed by atoms with Crippen molar-refractivity contribution in [1.29, 1.82) is 0 Å². The van der Waals surface area contributed by atoms with Crippen molar-refractivity contribution < 1.29 is 13.2 Å². The Morgan fingerprint density at radius 3 is 2.31 bits per heavy atom. The van der Waals surface area contributed by atoms with Gasteiger partial charge in [-0.2, -0.15) is 0 Å². The van der Waals surface area contributed by atoms with Gasteiger partial charge in [0, 0.05) is 52.5 Å². The molecule has 35 heavy (non-hydrogen) atoms. The highest BCUT2D eigenvalue weighted by Gasteiger charge is 2.23. The molecule has 4 rings (SSSR count). The number of benzene rings is 2. The van der Waals surface area contributed by atoms with Crippen molar-refractivity contribution in [1.82, 2.24) is 23.7 Å². The third kappa shape index (κ3) is 5.72. The number of imidazole rings is 1. The SMILES string of the molecule is CCn1c(CN2CCN(CC(=O)Nc3ccc(C)cc3)CC2)nc2cc(S(=O)(=O)N(C)C)ccc21. The Morgan fingerprint density at radius 2 is 1.69 bits per heavy atom. The van der Waals surface area contributed by atoms with Gasteiger partial charge in [0.2, 0.25) is 15.9 Å². The molecule has 1 amide bonds. The van der Waals surface area contributed by atoms with Crippen LogP contribution in [-0.4, -0.2) is 84.8 Å². The minimum atomic E-state index is -3.51. The second kappa shape index (κ2) is 10.4. The van der Waals surface area contributed by atoms with Crippen LogP contribution in [0.1, 0.15) is 18.3 Å². The molecule has 1 N–H and O–H groups in total. The van der Waals surface area contributed by atoms with Gasteiger partial charge in [0.15, 0.2) is 0 Å². The van der Waals surface area contributed by atoms with Crippen molar-refractivity contribution in [2.24, 2.45) is 0 Å². The quantitative estimate of drug-likeness (QED) is 0.513. The minimum absolute atomic E-state index is 0.00133. The van der Waals surface area contributed by atoms with E-state index in [0.29, 0.717) is 18.6 Å². The zero-order valence-corrected chi connectivity index (χ0v) is 21.7. The highest BCUT2D eigenvalue weighted by molar-refractivity contribution is 7.89. The number of sulfonamides is 1. The maximum atomic E-state index is 12.5. The Labute approximate surface area is 207 Å². The van der Waals surface area contributed by atoms with Gasteiger partial charge in [0.05, 0.1) is 29.0 Å². The van der Waals surface area contributed by atoms with Gasteiger partial charge in [-0.3, -0.25) is 14.6 Å². The van der Waals surface area contributed by atoms with E-state index in [0.717, 1.165) is 55.3 Å². The Kier molecular flexibility index (Phi) is 7.56. The Bertz CT molecular complexity index is 1290. The molecular weight excluding hydrogens is 464 g/mol. The van der Waals surface area contributed by atoms with Gasteiger partial charge < -0.3 is 9.88 Å². The van der Waals surface area contributed by atoms with Crippen LogP contribution in [0.4, 0.5) is 5.69 Å². The lowest BCUT2D eigenvalue weighted by atomic mass is 10.2. The van der Waals surface area contributed by atoms with Crippen molar-refractivity contribution in [3.63, 3.8) is 0 Å². The Morgan fingerprint density at radius 1 is 1.03 bits per heavy atom. The van der Waals surface area contributed by atoms with E-state index in [1.807, 2.05) is 37.3 Å². The molecule has 188 valence electrons. The lowest BCUT2D eigenvalue weighted by Gasteiger charge is -2.34. The van der Waals surface area contributed by atoms with Crippen LogP contribution in [0, 0.1) is 6.92 Å². The summed E-state index contributed by atoms with van der Waals surface area (Å²) in [5, 5.41) is 2.97. The maximum Gasteiger partial charge on any atom is 0.242 e. The summed E-state index contributed by atoms with van der Waals surface area (Å²) in [7, 11) is -0.450. The summed E-state index contributed by atoms with van der Waals surface area (Å²) in [6.45, 7) is 9.19. The molecule has 9 nitrogen and oxygen atoms in total. The number of carbonyl (C=O) groups is 1. The van der Waals surface area contributed by atoms with Crippen LogP contribution < -0.4 is 5.32 Å². The molecule has 2 aromatic carbocycles. The van der Waals surface area contributed by atoms with Crippen LogP contribution in [-0.2, 0) is 27.9 Å². The maximum absolute atomic E-state index is 12.5. The molecule has 10 heteroatoms. The summed E-state index contributed by atoms with van der Waals surface area (Å²) in [5.74, 6) is 0.922. The van der Waals surface area contributed by atoms with E-state index >= 15 is 0 Å². The van der Waals surface area contributed by atoms with E-state index in [-0.39, 0.29) is 10.8 Å². The summed E-state index contributed by atoms with van der Waals surface area (Å²) in [6.07, 6.45) is 0. The van der Waals surface area contributed by atoms with E-state index in [4.69, 9.17) is 4.98 Å². The van der Waals surface area contributed by atoms with Crippen LogP contribution in [0.2, 0.25) is 0 Å². The molecule has 1 saturated heterocycles. The fourth-order valence-electron chi connectivity index (χ4n) is 4.35. The van der Waals surface area contributed by atoms with Gasteiger partial charge in [0.1, 0.15) is 5.82 Å². The van der Waals surface area contributed by atoms with Gasteiger partial charge in [-0.05, 0) is 44.2 Å². The lowest BCUT2D eigenvalue weighted by Crippen LogP contribution is -2.48. The van der Waals surface area contributed by atoms with Gasteiger partial charge in [-0.25, -0.2) is 17.7 Å². The summed E-state index contributed by atoms with van der Waals surface area (Å²) in [4.78, 5) is 22.0. The van der Waals surface area contributed by atoms with E-state index in [2.05, 4.69) is 26.6 Å². The largest absolute Gasteiger partial charge is 0.327 e. The van der Waals surface area contributed by atoms with Crippen molar-refractivity contribution >= 4 is 32.7 Å². The normalized spacial score (nSPS) is 15.7. The number of amides is 1. The van der Waals surface area contributed by atoms with E-state index in [9.17, 15) is 13.2 Å². The highest BCUT2D eigenvalue weighted by atomic mass is 32.2. The molecular formula is C25H34N6O3S. The molecule has 0 atom stereocenters. The molecule has 3 aromatic rings. The van der Waals surface area contributed by atoms with Crippen LogP contribution in [0.15, 0.2) is 47.4 Å². The number of aromatic nitrogens is 2. The van der Waals surface area contributed by atoms with E-state index in [1.165, 1.54) is 18.4 Å². The molecule has 1 aliphatic rings. The third-order valence-electron chi connectivity index (χ3n) is 6.43. The molecule has 2 heterocycles. The zero-order chi connectivity index (χ0) is 25.2. The smallest absolute Gasteiger partial charge is 0.242 e. The molecule has 0 unspecified atom stereocenters. The van der Waals surface area contributed by atoms with Crippen molar-refractivity contribution in [3.8, 4) is 0 Å². The van der Waals surface area contributed by atoms with Crippen LogP contribution in [0.25, 0.3) is 11.0 Å². The second-order valence-corrected chi connectivity index (χ2v) is 11.3. The highest BCUT2D eigenvalue weighted by Crippen LogP contribution is 2.23. The molecule has 1 aliphatic heterocycles. The average molecular weight is 499 g/mol. The summed E-state index contributed by atoms with van der Waals surface area (Å²) >= 11 is 0. The van der Waals surface area contributed by atoms with E-state index in [1.54, 1.807) is 12.1 Å². The number of nitrogens with one attached hydrogen (secondary N) is 1. The standard InChI is InChI=1S/C25H34N6O3S/c1-5-31-23-11-10-21(35(33,34)28(3)4)16-22(23)27-24(31)17-29-12-14-30(15-13-29)18-25(32)26-20-8-6-19(2)7-9-20/h6-11,16H,5,12-15,17-18H2,1-4H3,(H,26,32). The molecule has 1 aromatic heterocycles. The van der Waals surface area contributed by atoms with Crippen LogP contribution in [0.3, 0.4) is 0 Å². The Balaban J connectivity index is 1.37. The van der Waals surface area contributed by atoms with Crippen LogP contribution in [0.5, 0.6) is 0 Å². The predicted octanol–water partition coefficient (Wildman–Crippen LogP) is 2.37. The predicted molar refractivity (Wildman–Crippen MR) is 138 cm³/mol. The molecule has 0 spiro atoms. The molecule has 0 radical (unpaired) electrons. The van der Waals surface area contributed by atoms with E-state index < -0.39 is 10.0 Å². The fraction of sp³-hybridized carbons (Fsp3) is 0.440. The average Bonchev–Trinajstić information content (AvgIpc) is 3.17. The van der Waals surface area contributed by atoms with Crippen molar-refractivity contribution in [2.45, 2.75) is 31.8 Å². The number of carbonyl (C=O) groups excluding carboxylic acids is 1. The monoisotopic (exact) mass is 498 g/mol. The number of hydrogen-bond donors (Lipinski definition) is 1. The summed E-state index contributed by atoms with van der Waals surface area (Å²) in [5.41, 5.74) is 3.61. The van der Waals surface area contributed by atoms with Crippen molar-refractivity contribution in [2.75, 3.05) is 52.1 Å². The summed E-state index contributed by atoms with van der Waals surface area (Å²) in [6, 6.07) is 13.0. The lowest BCUT2D eigenvalue weighted by molar-refractivity contribution is -0.117. The van der Waals surface area contributed by atoms with Crippen molar-refractivity contribution in [3.05, 3.63) is 53.9 Å². The van der Waals surface area contributed by atoms with Crippen LogP contribution >= 0.6 is 0 Å². The van der Waals surface area contributed by atoms with Gasteiger partial charge in [-0.1, -0.05) is 17.7 Å². The second-order valence-electron chi connectivity index (χ2n) is 9.18. The molecule has 0 bridgehead atoms. The molecule has 0 aliphatic carbocycles. The number of piperazine rings is 1. The number of anilines is 1. The zero-order valence-electron chi connectivity index (χ0n) is 20.9. The first-order valence-electron chi connectivity index (χ1n) is 11.9. The molecule has 1 fully saturated rings. The van der Waals surface area contributed by atoms with Gasteiger partial charge in [0.25, 0.3) is 0 Å². The Hall–Kier alpha value is -2.79. The topological polar surface area (TPSA) is 90.8 Å². The number of hydrogen-bond acceptors (Lipinski definition) is 6. The first kappa shape index (κ1) is 25.3. The number of rotatable bonds is 8. The molecule has 0 saturated carbocycles. The number of nitrogens with zero attached hydrogens (tertiary/aromatic N) is 5. The number of aryl methyl sites for hydroxylation is 2. The van der Waals surface area contributed by atoms with Gasteiger partial charge >= 0.3 is 0 Å². The summed E-state index contributed by atoms with van der Waals surface area (Å²) < 4.78 is 28.4. The van der Waals surface area contributed by atoms with Gasteiger partial charge in [-0.15, -0.1) is 0 Å². The first-order chi connectivity index (χ1) is 16.7. The fourth-order valence-corrected chi connectivity index (χ4v) is 5.27. The first-order valence-corrected chi connectivity index (χ1v) is 13.3. The minimum Gasteiger partial charge on any atom is -0.327 e.